The number of aryl methyl sites for hydroxylation is 1. The molecule has 0 spiro atoms. The van der Waals surface area contributed by atoms with Crippen molar-refractivity contribution in [3.8, 4) is 23.0 Å². The van der Waals surface area contributed by atoms with Crippen LogP contribution in [0.3, 0.4) is 0 Å². The van der Waals surface area contributed by atoms with Crippen molar-refractivity contribution in [1.29, 1.82) is 0 Å². The second-order valence-corrected chi connectivity index (χ2v) is 6.53. The minimum atomic E-state index is -0.451. The molecule has 1 atom stereocenters. The quantitative estimate of drug-likeness (QED) is 0.538. The highest BCUT2D eigenvalue weighted by Crippen LogP contribution is 2.22. The number of carbonyl (C=O) groups is 1. The lowest BCUT2D eigenvalue weighted by atomic mass is 10.2. The number of rotatable bonds is 6. The van der Waals surface area contributed by atoms with Gasteiger partial charge in [-0.3, -0.25) is 9.78 Å². The number of carbonyl (C=O) groups excluding carboxylic acids is 1. The molecule has 8 heteroatoms. The van der Waals surface area contributed by atoms with E-state index in [1.165, 1.54) is 0 Å². The van der Waals surface area contributed by atoms with Gasteiger partial charge in [-0.05, 0) is 38.1 Å². The molecule has 0 unspecified atom stereocenters. The smallest absolute Gasteiger partial charge is 0.249 e. The van der Waals surface area contributed by atoms with E-state index in [2.05, 4.69) is 25.4 Å². The van der Waals surface area contributed by atoms with Gasteiger partial charge in [-0.25, -0.2) is 4.98 Å². The Kier molecular flexibility index (Phi) is 5.15. The third kappa shape index (κ3) is 4.21. The molecule has 1 N–H and O–H groups in total. The second kappa shape index (κ2) is 8.05. The maximum absolute atomic E-state index is 12.5. The third-order valence-electron chi connectivity index (χ3n) is 4.33. The minimum absolute atomic E-state index is 0.0910. The van der Waals surface area contributed by atoms with Gasteiger partial charge in [0.05, 0.1) is 12.1 Å². The zero-order chi connectivity index (χ0) is 20.2. The molecule has 0 bridgehead atoms. The highest BCUT2D eigenvalue weighted by atomic mass is 16.5. The van der Waals surface area contributed by atoms with Crippen LogP contribution in [0, 0.1) is 6.92 Å². The van der Waals surface area contributed by atoms with Gasteiger partial charge >= 0.3 is 0 Å². The summed E-state index contributed by atoms with van der Waals surface area (Å²) in [5, 5.41) is 6.77. The predicted molar refractivity (Wildman–Crippen MR) is 104 cm³/mol. The summed E-state index contributed by atoms with van der Waals surface area (Å²) in [6.45, 7) is 3.57. The van der Waals surface area contributed by atoms with E-state index in [0.717, 1.165) is 5.56 Å². The molecule has 1 amide bonds. The van der Waals surface area contributed by atoms with E-state index in [-0.39, 0.29) is 12.3 Å². The summed E-state index contributed by atoms with van der Waals surface area (Å²) < 4.78 is 11.0. The van der Waals surface area contributed by atoms with E-state index in [4.69, 9.17) is 8.94 Å². The van der Waals surface area contributed by atoms with Gasteiger partial charge in [0.1, 0.15) is 17.5 Å². The average Bonchev–Trinajstić information content (AvgIpc) is 3.37. The first-order valence-corrected chi connectivity index (χ1v) is 9.16. The van der Waals surface area contributed by atoms with Crippen LogP contribution in [-0.2, 0) is 11.2 Å². The monoisotopic (exact) mass is 389 g/mol. The van der Waals surface area contributed by atoms with Crippen LogP contribution in [0.15, 0.2) is 63.7 Å². The van der Waals surface area contributed by atoms with E-state index in [1.807, 2.05) is 42.5 Å². The van der Waals surface area contributed by atoms with Gasteiger partial charge in [0.25, 0.3) is 0 Å². The van der Waals surface area contributed by atoms with Crippen LogP contribution < -0.4 is 5.32 Å². The lowest BCUT2D eigenvalue weighted by Crippen LogP contribution is -2.28. The number of aromatic nitrogens is 4. The normalized spacial score (nSPS) is 11.9. The number of nitrogens with zero attached hydrogens (tertiary/aromatic N) is 4. The molecule has 8 nitrogen and oxygen atoms in total. The first kappa shape index (κ1) is 18.5. The van der Waals surface area contributed by atoms with E-state index in [1.54, 1.807) is 26.1 Å². The molecular weight excluding hydrogens is 370 g/mol. The molecule has 29 heavy (non-hydrogen) atoms. The van der Waals surface area contributed by atoms with Crippen molar-refractivity contribution < 1.29 is 13.7 Å². The molecule has 3 heterocycles. The highest BCUT2D eigenvalue weighted by molar-refractivity contribution is 5.78. The van der Waals surface area contributed by atoms with Crippen LogP contribution in [0.4, 0.5) is 0 Å². The first-order chi connectivity index (χ1) is 14.1. The Hall–Kier alpha value is -3.81. The molecule has 4 aromatic rings. The second-order valence-electron chi connectivity index (χ2n) is 6.53. The molecule has 0 aliphatic rings. The third-order valence-corrected chi connectivity index (χ3v) is 4.33. The predicted octanol–water partition coefficient (Wildman–Crippen LogP) is 3.51. The Labute approximate surface area is 167 Å². The van der Waals surface area contributed by atoms with Gasteiger partial charge in [0, 0.05) is 11.8 Å². The number of hydrogen-bond donors (Lipinski definition) is 1. The van der Waals surface area contributed by atoms with Crippen LogP contribution in [-0.4, -0.2) is 26.0 Å². The molecule has 0 fully saturated rings. The summed E-state index contributed by atoms with van der Waals surface area (Å²) in [7, 11) is 0. The van der Waals surface area contributed by atoms with Gasteiger partial charge < -0.3 is 14.3 Å². The number of benzene rings is 1. The zero-order valence-electron chi connectivity index (χ0n) is 16.0. The molecule has 0 aliphatic carbocycles. The Bertz CT molecular complexity index is 1110. The molecular formula is C21H19N5O3. The summed E-state index contributed by atoms with van der Waals surface area (Å²) in [6.07, 6.45) is 1.74. The minimum Gasteiger partial charge on any atom is -0.441 e. The van der Waals surface area contributed by atoms with E-state index in [9.17, 15) is 4.79 Å². The molecule has 3 aromatic heterocycles. The van der Waals surface area contributed by atoms with Crippen molar-refractivity contribution in [2.24, 2.45) is 0 Å². The fourth-order valence-electron chi connectivity index (χ4n) is 2.81. The van der Waals surface area contributed by atoms with E-state index >= 15 is 0 Å². The van der Waals surface area contributed by atoms with E-state index in [0.29, 0.717) is 34.8 Å². The summed E-state index contributed by atoms with van der Waals surface area (Å²) >= 11 is 0. The van der Waals surface area contributed by atoms with Crippen LogP contribution in [0.25, 0.3) is 23.0 Å². The molecule has 1 aromatic carbocycles. The van der Waals surface area contributed by atoms with Crippen molar-refractivity contribution in [3.63, 3.8) is 0 Å². The molecule has 0 aliphatic heterocycles. The molecule has 4 rings (SSSR count). The van der Waals surface area contributed by atoms with Gasteiger partial charge in [0.2, 0.25) is 23.5 Å². The SMILES string of the molecule is Cc1oc(-c2ccccc2)nc1CC(=O)N[C@H](C)c1nc(-c2ccccn2)no1. The number of amides is 1. The number of nitrogens with one attached hydrogen (secondary N) is 1. The first-order valence-electron chi connectivity index (χ1n) is 9.16. The van der Waals surface area contributed by atoms with Gasteiger partial charge in [-0.1, -0.05) is 29.4 Å². The maximum atomic E-state index is 12.5. The summed E-state index contributed by atoms with van der Waals surface area (Å²) in [5.74, 6) is 1.58. The molecule has 0 saturated carbocycles. The van der Waals surface area contributed by atoms with Crippen molar-refractivity contribution >= 4 is 5.91 Å². The van der Waals surface area contributed by atoms with Gasteiger partial charge in [-0.2, -0.15) is 4.98 Å². The van der Waals surface area contributed by atoms with Gasteiger partial charge in [-0.15, -0.1) is 0 Å². The number of hydrogen-bond acceptors (Lipinski definition) is 7. The van der Waals surface area contributed by atoms with E-state index < -0.39 is 6.04 Å². The van der Waals surface area contributed by atoms with Crippen LogP contribution >= 0.6 is 0 Å². The van der Waals surface area contributed by atoms with Crippen LogP contribution in [0.1, 0.15) is 30.3 Å². The Balaban J connectivity index is 1.41. The summed E-state index contributed by atoms with van der Waals surface area (Å²) in [6, 6.07) is 14.5. The fourth-order valence-corrected chi connectivity index (χ4v) is 2.81. The largest absolute Gasteiger partial charge is 0.441 e. The fraction of sp³-hybridized carbons (Fsp3) is 0.190. The number of oxazole rings is 1. The Morgan fingerprint density at radius 3 is 2.66 bits per heavy atom. The lowest BCUT2D eigenvalue weighted by molar-refractivity contribution is -0.121. The topological polar surface area (TPSA) is 107 Å². The maximum Gasteiger partial charge on any atom is 0.249 e. The molecule has 146 valence electrons. The lowest BCUT2D eigenvalue weighted by Gasteiger charge is -2.08. The summed E-state index contributed by atoms with van der Waals surface area (Å²) in [5.41, 5.74) is 2.06. The van der Waals surface area contributed by atoms with Crippen LogP contribution in [0.2, 0.25) is 0 Å². The van der Waals surface area contributed by atoms with Crippen molar-refractivity contribution in [2.45, 2.75) is 26.3 Å². The zero-order valence-corrected chi connectivity index (χ0v) is 16.0. The van der Waals surface area contributed by atoms with Crippen molar-refractivity contribution in [1.82, 2.24) is 25.4 Å². The van der Waals surface area contributed by atoms with Crippen LogP contribution in [0.5, 0.6) is 0 Å². The Morgan fingerprint density at radius 1 is 1.10 bits per heavy atom. The van der Waals surface area contributed by atoms with Crippen molar-refractivity contribution in [3.05, 3.63) is 72.1 Å². The highest BCUT2D eigenvalue weighted by Gasteiger charge is 2.20. The Morgan fingerprint density at radius 2 is 1.90 bits per heavy atom. The average molecular weight is 389 g/mol. The standard InChI is InChI=1S/C21H19N5O3/c1-13(20-25-19(26-29-20)16-10-6-7-11-22-16)23-18(27)12-17-14(2)28-21(24-17)15-8-4-3-5-9-15/h3-11,13H,12H2,1-2H3,(H,23,27)/t13-/m1/s1. The summed E-state index contributed by atoms with van der Waals surface area (Å²) in [4.78, 5) is 25.4. The van der Waals surface area contributed by atoms with Crippen molar-refractivity contribution in [2.75, 3.05) is 0 Å². The molecule has 0 radical (unpaired) electrons. The molecule has 0 saturated heterocycles. The van der Waals surface area contributed by atoms with Gasteiger partial charge in [0.15, 0.2) is 0 Å². The number of pyridine rings is 1.